The number of carbonyl (C=O) groups is 1. The van der Waals surface area contributed by atoms with Gasteiger partial charge in [-0.2, -0.15) is 0 Å². The average Bonchev–Trinajstić information content (AvgIpc) is 2.30. The van der Waals surface area contributed by atoms with Gasteiger partial charge in [0.15, 0.2) is 18.7 Å². The van der Waals surface area contributed by atoms with Crippen molar-refractivity contribution in [1.29, 1.82) is 0 Å². The Bertz CT molecular complexity index is 520. The molecule has 0 fully saturated rings. The lowest BCUT2D eigenvalue weighted by Crippen LogP contribution is -2.27. The van der Waals surface area contributed by atoms with E-state index in [1.807, 2.05) is 19.3 Å². The number of pyridine rings is 1. The molecule has 0 aliphatic rings. The number of carbonyl (C=O) groups excluding carboxylic acids is 1. The Morgan fingerprint density at radius 1 is 1.19 bits per heavy atom. The van der Waals surface area contributed by atoms with Crippen LogP contribution in [0.1, 0.15) is 10.4 Å². The summed E-state index contributed by atoms with van der Waals surface area (Å²) in [6.45, 7) is 0. The van der Waals surface area contributed by atoms with Crippen molar-refractivity contribution in [2.75, 3.05) is 0 Å². The van der Waals surface area contributed by atoms with Gasteiger partial charge in [0.25, 0.3) is 0 Å². The topological polar surface area (TPSA) is 20.9 Å². The number of aldehydes is 1. The Kier molecular flexibility index (Phi) is 2.77. The molecule has 0 spiro atoms. The van der Waals surface area contributed by atoms with Gasteiger partial charge in [0, 0.05) is 11.6 Å². The summed E-state index contributed by atoms with van der Waals surface area (Å²) in [5.74, 6) is -0.280. The molecule has 80 valence electrons. The number of aromatic nitrogens is 1. The lowest BCUT2D eigenvalue weighted by Gasteiger charge is -2.02. The molecule has 1 aromatic carbocycles. The second kappa shape index (κ2) is 4.23. The van der Waals surface area contributed by atoms with Gasteiger partial charge < -0.3 is 0 Å². The second-order valence-electron chi connectivity index (χ2n) is 3.60. The standard InChI is InChI=1S/C13H11FNO/c1-15-7-6-13(11(8-15)9-16)10-2-4-12(14)5-3-10/h2-9H,1H3/q+1. The van der Waals surface area contributed by atoms with Crippen molar-refractivity contribution in [2.24, 2.45) is 7.05 Å². The maximum absolute atomic E-state index is 12.8. The van der Waals surface area contributed by atoms with Crippen LogP contribution >= 0.6 is 0 Å². The number of nitrogens with zero attached hydrogens (tertiary/aromatic N) is 1. The van der Waals surface area contributed by atoms with Gasteiger partial charge in [-0.25, -0.2) is 8.96 Å². The molecule has 0 saturated carbocycles. The van der Waals surface area contributed by atoms with Crippen molar-refractivity contribution in [3.8, 4) is 11.1 Å². The third-order valence-electron chi connectivity index (χ3n) is 2.41. The number of aryl methyl sites for hydroxylation is 1. The summed E-state index contributed by atoms with van der Waals surface area (Å²) in [4.78, 5) is 10.9. The SMILES string of the molecule is C[n+]1ccc(-c2ccc(F)cc2)c(C=O)c1. The number of rotatable bonds is 2. The van der Waals surface area contributed by atoms with Crippen LogP contribution in [0.25, 0.3) is 11.1 Å². The highest BCUT2D eigenvalue weighted by Gasteiger charge is 2.08. The zero-order valence-electron chi connectivity index (χ0n) is 8.85. The molecule has 1 aromatic heterocycles. The molecule has 3 heteroatoms. The minimum atomic E-state index is -0.280. The van der Waals surface area contributed by atoms with E-state index in [-0.39, 0.29) is 5.82 Å². The van der Waals surface area contributed by atoms with Crippen LogP contribution in [0.15, 0.2) is 42.7 Å². The summed E-state index contributed by atoms with van der Waals surface area (Å²) >= 11 is 0. The monoisotopic (exact) mass is 216 g/mol. The van der Waals surface area contributed by atoms with Crippen molar-refractivity contribution in [2.45, 2.75) is 0 Å². The van der Waals surface area contributed by atoms with Crippen LogP contribution < -0.4 is 4.57 Å². The van der Waals surface area contributed by atoms with Crippen molar-refractivity contribution >= 4 is 6.29 Å². The fourth-order valence-corrected chi connectivity index (χ4v) is 1.61. The molecule has 0 aliphatic carbocycles. The predicted octanol–water partition coefficient (Wildman–Crippen LogP) is 2.13. The summed E-state index contributed by atoms with van der Waals surface area (Å²) in [7, 11) is 1.85. The number of benzene rings is 1. The first-order valence-electron chi connectivity index (χ1n) is 4.91. The van der Waals surface area contributed by atoms with E-state index in [0.29, 0.717) is 5.56 Å². The smallest absolute Gasteiger partial charge is 0.179 e. The first kappa shape index (κ1) is 10.5. The van der Waals surface area contributed by atoms with Crippen LogP contribution in [0.4, 0.5) is 4.39 Å². The van der Waals surface area contributed by atoms with E-state index < -0.39 is 0 Å². The number of halogens is 1. The zero-order valence-corrected chi connectivity index (χ0v) is 8.85. The van der Waals surface area contributed by atoms with Gasteiger partial charge in [0.2, 0.25) is 0 Å². The van der Waals surface area contributed by atoms with E-state index in [2.05, 4.69) is 0 Å². The van der Waals surface area contributed by atoms with Gasteiger partial charge in [-0.15, -0.1) is 0 Å². The third kappa shape index (κ3) is 1.98. The molecule has 0 amide bonds. The van der Waals surface area contributed by atoms with Gasteiger partial charge in [-0.1, -0.05) is 12.1 Å². The molecule has 0 N–H and O–H groups in total. The van der Waals surface area contributed by atoms with Crippen LogP contribution in [0.3, 0.4) is 0 Å². The van der Waals surface area contributed by atoms with Gasteiger partial charge in [0.1, 0.15) is 12.9 Å². The Morgan fingerprint density at radius 3 is 2.50 bits per heavy atom. The fraction of sp³-hybridized carbons (Fsp3) is 0.0769. The van der Waals surface area contributed by atoms with E-state index in [1.54, 1.807) is 22.9 Å². The summed E-state index contributed by atoms with van der Waals surface area (Å²) in [5, 5.41) is 0. The highest BCUT2D eigenvalue weighted by atomic mass is 19.1. The average molecular weight is 216 g/mol. The van der Waals surface area contributed by atoms with Crippen molar-refractivity contribution in [1.82, 2.24) is 0 Å². The third-order valence-corrected chi connectivity index (χ3v) is 2.41. The lowest BCUT2D eigenvalue weighted by molar-refractivity contribution is -0.671. The molecule has 0 radical (unpaired) electrons. The van der Waals surface area contributed by atoms with Crippen molar-refractivity contribution in [3.05, 3.63) is 54.1 Å². The lowest BCUT2D eigenvalue weighted by atomic mass is 10.0. The highest BCUT2D eigenvalue weighted by Crippen LogP contribution is 2.21. The quantitative estimate of drug-likeness (QED) is 0.556. The van der Waals surface area contributed by atoms with Crippen LogP contribution in [-0.2, 0) is 7.05 Å². The predicted molar refractivity (Wildman–Crippen MR) is 58.4 cm³/mol. The second-order valence-corrected chi connectivity index (χ2v) is 3.60. The highest BCUT2D eigenvalue weighted by molar-refractivity contribution is 5.86. The minimum Gasteiger partial charge on any atom is -0.298 e. The van der Waals surface area contributed by atoms with Crippen molar-refractivity contribution in [3.63, 3.8) is 0 Å². The maximum Gasteiger partial charge on any atom is 0.179 e. The molecule has 16 heavy (non-hydrogen) atoms. The molecular weight excluding hydrogens is 205 g/mol. The first-order chi connectivity index (χ1) is 7.70. The molecule has 2 aromatic rings. The van der Waals surface area contributed by atoms with Crippen LogP contribution in [0, 0.1) is 5.82 Å². The van der Waals surface area contributed by atoms with Gasteiger partial charge in [-0.05, 0) is 17.7 Å². The van der Waals surface area contributed by atoms with Gasteiger partial charge in [0.05, 0.1) is 5.56 Å². The molecule has 2 rings (SSSR count). The number of hydrogen-bond acceptors (Lipinski definition) is 1. The Labute approximate surface area is 93.0 Å². The fourth-order valence-electron chi connectivity index (χ4n) is 1.61. The molecule has 0 atom stereocenters. The van der Waals surface area contributed by atoms with Crippen LogP contribution in [-0.4, -0.2) is 6.29 Å². The first-order valence-corrected chi connectivity index (χ1v) is 4.91. The zero-order chi connectivity index (χ0) is 11.5. The van der Waals surface area contributed by atoms with Crippen LogP contribution in [0.5, 0.6) is 0 Å². The van der Waals surface area contributed by atoms with E-state index in [4.69, 9.17) is 0 Å². The largest absolute Gasteiger partial charge is 0.298 e. The summed E-state index contributed by atoms with van der Waals surface area (Å²) in [5.41, 5.74) is 2.24. The molecule has 1 heterocycles. The molecule has 0 bridgehead atoms. The van der Waals surface area contributed by atoms with Gasteiger partial charge >= 0.3 is 0 Å². The summed E-state index contributed by atoms with van der Waals surface area (Å²) < 4.78 is 14.6. The normalized spacial score (nSPS) is 10.1. The molecule has 0 unspecified atom stereocenters. The minimum absolute atomic E-state index is 0.280. The summed E-state index contributed by atoms with van der Waals surface area (Å²) in [6, 6.07) is 7.94. The van der Waals surface area contributed by atoms with E-state index in [9.17, 15) is 9.18 Å². The van der Waals surface area contributed by atoms with Crippen LogP contribution in [0.2, 0.25) is 0 Å². The Morgan fingerprint density at radius 2 is 1.88 bits per heavy atom. The Hall–Kier alpha value is -2.03. The van der Waals surface area contributed by atoms with Crippen molar-refractivity contribution < 1.29 is 13.8 Å². The number of hydrogen-bond donors (Lipinski definition) is 0. The maximum atomic E-state index is 12.8. The molecule has 0 saturated heterocycles. The Balaban J connectivity index is 2.55. The van der Waals surface area contributed by atoms with E-state index in [0.717, 1.165) is 17.4 Å². The molecule has 0 aliphatic heterocycles. The summed E-state index contributed by atoms with van der Waals surface area (Å²) in [6.07, 6.45) is 4.40. The van der Waals surface area contributed by atoms with E-state index >= 15 is 0 Å². The van der Waals surface area contributed by atoms with Gasteiger partial charge in [-0.3, -0.25) is 4.79 Å². The molecular formula is C13H11FNO+. The van der Waals surface area contributed by atoms with E-state index in [1.165, 1.54) is 12.1 Å². The molecule has 2 nitrogen and oxygen atoms in total.